The van der Waals surface area contributed by atoms with Crippen LogP contribution in [0.15, 0.2) is 84.9 Å². The fourth-order valence-electron chi connectivity index (χ4n) is 3.39. The second-order valence-corrected chi connectivity index (χ2v) is 7.50. The summed E-state index contributed by atoms with van der Waals surface area (Å²) in [4.78, 5) is 27.8. The van der Waals surface area contributed by atoms with Crippen molar-refractivity contribution in [2.45, 2.75) is 25.4 Å². The zero-order valence-corrected chi connectivity index (χ0v) is 17.7. The van der Waals surface area contributed by atoms with Gasteiger partial charge in [0.1, 0.15) is 6.04 Å². The van der Waals surface area contributed by atoms with Crippen LogP contribution in [-0.2, 0) is 22.6 Å². The average Bonchev–Trinajstić information content (AvgIpc) is 2.79. The van der Waals surface area contributed by atoms with Gasteiger partial charge in [0.25, 0.3) is 0 Å². The maximum Gasteiger partial charge on any atom is 0.247 e. The fourth-order valence-corrected chi connectivity index (χ4v) is 3.52. The van der Waals surface area contributed by atoms with Gasteiger partial charge in [-0.05, 0) is 35.2 Å². The molecule has 0 aliphatic heterocycles. The average molecular weight is 421 g/mol. The number of nitrogens with one attached hydrogen (secondary N) is 1. The molecule has 3 aromatic carbocycles. The molecule has 4 nitrogen and oxygen atoms in total. The first kappa shape index (κ1) is 21.6. The quantitative estimate of drug-likeness (QED) is 0.569. The number of hydrogen-bond donors (Lipinski definition) is 1. The molecule has 0 unspecified atom stereocenters. The monoisotopic (exact) mass is 420 g/mol. The first-order valence-corrected chi connectivity index (χ1v) is 10.3. The lowest BCUT2D eigenvalue weighted by atomic mass is 10.0. The lowest BCUT2D eigenvalue weighted by molar-refractivity contribution is -0.141. The Hall–Kier alpha value is -3.11. The number of carbonyl (C=O) groups is 2. The van der Waals surface area contributed by atoms with Crippen LogP contribution in [0.4, 0.5) is 0 Å². The van der Waals surface area contributed by atoms with Crippen LogP contribution in [0.2, 0.25) is 5.02 Å². The van der Waals surface area contributed by atoms with Crippen molar-refractivity contribution < 1.29 is 9.59 Å². The number of rotatable bonds is 8. The van der Waals surface area contributed by atoms with Crippen molar-refractivity contribution >= 4 is 23.4 Å². The summed E-state index contributed by atoms with van der Waals surface area (Å²) in [5.41, 5.74) is 2.78. The molecule has 0 saturated heterocycles. The lowest BCUT2D eigenvalue weighted by Gasteiger charge is -2.31. The smallest absolute Gasteiger partial charge is 0.247 e. The van der Waals surface area contributed by atoms with Gasteiger partial charge in [0.05, 0.1) is 0 Å². The molecule has 0 aliphatic rings. The third-order valence-corrected chi connectivity index (χ3v) is 5.23. The Morgan fingerprint density at radius 3 is 2.07 bits per heavy atom. The topological polar surface area (TPSA) is 49.4 Å². The molecule has 0 radical (unpaired) electrons. The standard InChI is InChI=1S/C25H25ClN2O2/c1-27-25(30)24(21-10-6-3-7-11-21)28(18-20-12-15-22(26)16-13-20)23(29)17-14-19-8-4-2-5-9-19/h2-13,15-16,24H,14,17-18H2,1H3,(H,27,30)/t24-/m0/s1. The van der Waals surface area contributed by atoms with Gasteiger partial charge < -0.3 is 10.2 Å². The molecule has 30 heavy (non-hydrogen) atoms. The van der Waals surface area contributed by atoms with Crippen LogP contribution < -0.4 is 5.32 Å². The number of hydrogen-bond acceptors (Lipinski definition) is 2. The van der Waals surface area contributed by atoms with Gasteiger partial charge in [-0.1, -0.05) is 84.4 Å². The van der Waals surface area contributed by atoms with Crippen molar-refractivity contribution in [2.75, 3.05) is 7.05 Å². The van der Waals surface area contributed by atoms with Crippen LogP contribution in [0.1, 0.15) is 29.2 Å². The Morgan fingerprint density at radius 2 is 1.47 bits per heavy atom. The maximum absolute atomic E-state index is 13.3. The predicted octanol–water partition coefficient (Wildman–Crippen LogP) is 4.79. The van der Waals surface area contributed by atoms with Crippen LogP contribution in [0, 0.1) is 0 Å². The summed E-state index contributed by atoms with van der Waals surface area (Å²) in [5.74, 6) is -0.297. The number of nitrogens with zero attached hydrogens (tertiary/aromatic N) is 1. The highest BCUT2D eigenvalue weighted by Gasteiger charge is 2.30. The van der Waals surface area contributed by atoms with E-state index in [1.807, 2.05) is 72.8 Å². The van der Waals surface area contributed by atoms with Crippen molar-refractivity contribution in [3.05, 3.63) is 107 Å². The molecule has 3 aromatic rings. The van der Waals surface area contributed by atoms with E-state index in [4.69, 9.17) is 11.6 Å². The number of amides is 2. The van der Waals surface area contributed by atoms with Gasteiger partial charge in [-0.25, -0.2) is 0 Å². The molecule has 0 fully saturated rings. The number of likely N-dealkylation sites (N-methyl/N-ethyl adjacent to an activating group) is 1. The van der Waals surface area contributed by atoms with E-state index in [-0.39, 0.29) is 11.8 Å². The molecule has 3 rings (SSSR count). The molecular weight excluding hydrogens is 396 g/mol. The number of benzene rings is 3. The second-order valence-electron chi connectivity index (χ2n) is 7.06. The minimum Gasteiger partial charge on any atom is -0.357 e. The number of aryl methyl sites for hydroxylation is 1. The Kier molecular flexibility index (Phi) is 7.63. The molecule has 1 atom stereocenters. The molecular formula is C25H25ClN2O2. The van der Waals surface area contributed by atoms with Crippen LogP contribution in [-0.4, -0.2) is 23.8 Å². The highest BCUT2D eigenvalue weighted by molar-refractivity contribution is 6.30. The van der Waals surface area contributed by atoms with Crippen LogP contribution in [0.25, 0.3) is 0 Å². The van der Waals surface area contributed by atoms with Crippen molar-refractivity contribution in [3.8, 4) is 0 Å². The molecule has 154 valence electrons. The van der Waals surface area contributed by atoms with E-state index in [1.165, 1.54) is 0 Å². The molecule has 0 spiro atoms. The highest BCUT2D eigenvalue weighted by Crippen LogP contribution is 2.25. The maximum atomic E-state index is 13.3. The van der Waals surface area contributed by atoms with Gasteiger partial charge in [0.2, 0.25) is 11.8 Å². The molecule has 0 heterocycles. The van der Waals surface area contributed by atoms with Gasteiger partial charge in [-0.3, -0.25) is 9.59 Å². The molecule has 0 saturated carbocycles. The summed E-state index contributed by atoms with van der Waals surface area (Å²) in [6, 6.07) is 25.9. The van der Waals surface area contributed by atoms with Gasteiger partial charge >= 0.3 is 0 Å². The summed E-state index contributed by atoms with van der Waals surface area (Å²) >= 11 is 6.01. The first-order valence-electron chi connectivity index (χ1n) is 9.93. The largest absolute Gasteiger partial charge is 0.357 e. The predicted molar refractivity (Wildman–Crippen MR) is 120 cm³/mol. The summed E-state index contributed by atoms with van der Waals surface area (Å²) in [7, 11) is 1.59. The minimum atomic E-state index is -0.713. The van der Waals surface area contributed by atoms with Crippen LogP contribution in [0.3, 0.4) is 0 Å². The van der Waals surface area contributed by atoms with E-state index in [0.717, 1.165) is 16.7 Å². The Balaban J connectivity index is 1.90. The summed E-state index contributed by atoms with van der Waals surface area (Å²) in [6.07, 6.45) is 0.934. The van der Waals surface area contributed by atoms with Crippen LogP contribution >= 0.6 is 11.6 Å². The van der Waals surface area contributed by atoms with E-state index in [1.54, 1.807) is 24.1 Å². The fraction of sp³-hybridized carbons (Fsp3) is 0.200. The van der Waals surface area contributed by atoms with Crippen molar-refractivity contribution in [2.24, 2.45) is 0 Å². The molecule has 5 heteroatoms. The Bertz CT molecular complexity index is 959. The van der Waals surface area contributed by atoms with Gasteiger partial charge in [-0.15, -0.1) is 0 Å². The van der Waals surface area contributed by atoms with E-state index in [2.05, 4.69) is 5.32 Å². The molecule has 2 amide bonds. The van der Waals surface area contributed by atoms with E-state index >= 15 is 0 Å². The van der Waals surface area contributed by atoms with Gasteiger partial charge in [0.15, 0.2) is 0 Å². The number of carbonyl (C=O) groups excluding carboxylic acids is 2. The van der Waals surface area contributed by atoms with Crippen molar-refractivity contribution in [1.29, 1.82) is 0 Å². The van der Waals surface area contributed by atoms with Gasteiger partial charge in [0, 0.05) is 25.0 Å². The van der Waals surface area contributed by atoms with E-state index < -0.39 is 6.04 Å². The van der Waals surface area contributed by atoms with Gasteiger partial charge in [-0.2, -0.15) is 0 Å². The zero-order chi connectivity index (χ0) is 21.3. The van der Waals surface area contributed by atoms with Crippen molar-refractivity contribution in [1.82, 2.24) is 10.2 Å². The third kappa shape index (κ3) is 5.71. The first-order chi connectivity index (χ1) is 14.6. The van der Waals surface area contributed by atoms with E-state index in [0.29, 0.717) is 24.4 Å². The summed E-state index contributed by atoms with van der Waals surface area (Å²) in [6.45, 7) is 0.317. The molecule has 0 bridgehead atoms. The molecule has 1 N–H and O–H groups in total. The number of halogens is 1. The SMILES string of the molecule is CNC(=O)[C@H](c1ccccc1)N(Cc1ccc(Cl)cc1)C(=O)CCc1ccccc1. The summed E-state index contributed by atoms with van der Waals surface area (Å²) in [5, 5.41) is 3.34. The minimum absolute atomic E-state index is 0.0775. The van der Waals surface area contributed by atoms with Crippen molar-refractivity contribution in [3.63, 3.8) is 0 Å². The second kappa shape index (κ2) is 10.6. The third-order valence-electron chi connectivity index (χ3n) is 4.98. The normalized spacial score (nSPS) is 11.5. The molecule has 0 aliphatic carbocycles. The zero-order valence-electron chi connectivity index (χ0n) is 16.9. The highest BCUT2D eigenvalue weighted by atomic mass is 35.5. The molecule has 0 aromatic heterocycles. The lowest BCUT2D eigenvalue weighted by Crippen LogP contribution is -2.42. The Morgan fingerprint density at radius 1 is 0.867 bits per heavy atom. The summed E-state index contributed by atoms with van der Waals surface area (Å²) < 4.78 is 0. The Labute approximate surface area is 182 Å². The van der Waals surface area contributed by atoms with E-state index in [9.17, 15) is 9.59 Å². The van der Waals surface area contributed by atoms with Crippen LogP contribution in [0.5, 0.6) is 0 Å².